The van der Waals surface area contributed by atoms with Crippen molar-refractivity contribution in [1.29, 1.82) is 0 Å². The van der Waals surface area contributed by atoms with Crippen LogP contribution >= 0.6 is 0 Å². The third kappa shape index (κ3) is 5.36. The number of hydrogen-bond acceptors (Lipinski definition) is 3. The van der Waals surface area contributed by atoms with Crippen molar-refractivity contribution in [2.24, 2.45) is 5.92 Å². The Morgan fingerprint density at radius 3 is 2.76 bits per heavy atom. The maximum absolute atomic E-state index is 5.94. The first-order valence-corrected chi connectivity index (χ1v) is 7.32. The van der Waals surface area contributed by atoms with Gasteiger partial charge in [0.05, 0.1) is 18.8 Å². The zero-order chi connectivity index (χ0) is 11.9. The minimum Gasteiger partial charge on any atom is -0.379 e. The second kappa shape index (κ2) is 7.34. The van der Waals surface area contributed by atoms with E-state index in [1.54, 1.807) is 0 Å². The van der Waals surface area contributed by atoms with Crippen molar-refractivity contribution in [3.05, 3.63) is 0 Å². The second-order valence-corrected chi connectivity index (χ2v) is 5.47. The standard InChI is InChI=1S/C14H27NO2/c1-2-8-15-10-13-5-6-14(17-13)11-16-9-7-12-3-4-12/h12-15H,2-11H2,1H3. The van der Waals surface area contributed by atoms with E-state index in [0.29, 0.717) is 12.2 Å². The molecule has 1 heterocycles. The van der Waals surface area contributed by atoms with Crippen LogP contribution in [-0.4, -0.2) is 38.5 Å². The zero-order valence-electron chi connectivity index (χ0n) is 11.1. The Morgan fingerprint density at radius 1 is 1.18 bits per heavy atom. The summed E-state index contributed by atoms with van der Waals surface area (Å²) in [6.45, 7) is 6.04. The summed E-state index contributed by atoms with van der Waals surface area (Å²) < 4.78 is 11.6. The summed E-state index contributed by atoms with van der Waals surface area (Å²) in [6, 6.07) is 0. The Morgan fingerprint density at radius 2 is 2.00 bits per heavy atom. The van der Waals surface area contributed by atoms with Crippen LogP contribution in [0.25, 0.3) is 0 Å². The lowest BCUT2D eigenvalue weighted by atomic mass is 10.2. The summed E-state index contributed by atoms with van der Waals surface area (Å²) in [5.41, 5.74) is 0. The summed E-state index contributed by atoms with van der Waals surface area (Å²) in [5, 5.41) is 3.42. The minimum absolute atomic E-state index is 0.350. The molecule has 2 unspecified atom stereocenters. The summed E-state index contributed by atoms with van der Waals surface area (Å²) >= 11 is 0. The first-order chi connectivity index (χ1) is 8.38. The van der Waals surface area contributed by atoms with Crippen LogP contribution in [0.4, 0.5) is 0 Å². The van der Waals surface area contributed by atoms with Gasteiger partial charge in [0.15, 0.2) is 0 Å². The first-order valence-electron chi connectivity index (χ1n) is 7.32. The summed E-state index contributed by atoms with van der Waals surface area (Å²) in [4.78, 5) is 0. The molecule has 3 nitrogen and oxygen atoms in total. The second-order valence-electron chi connectivity index (χ2n) is 5.47. The van der Waals surface area contributed by atoms with E-state index in [1.807, 2.05) is 0 Å². The minimum atomic E-state index is 0.350. The highest BCUT2D eigenvalue weighted by Crippen LogP contribution is 2.32. The monoisotopic (exact) mass is 241 g/mol. The lowest BCUT2D eigenvalue weighted by Crippen LogP contribution is -2.28. The average Bonchev–Trinajstić information content (AvgIpc) is 3.05. The van der Waals surface area contributed by atoms with Crippen LogP contribution in [0.3, 0.4) is 0 Å². The number of nitrogens with one attached hydrogen (secondary N) is 1. The van der Waals surface area contributed by atoms with Crippen LogP contribution in [0, 0.1) is 5.92 Å². The summed E-state index contributed by atoms with van der Waals surface area (Å²) in [7, 11) is 0. The fourth-order valence-corrected chi connectivity index (χ4v) is 2.36. The molecular formula is C14H27NO2. The third-order valence-electron chi connectivity index (χ3n) is 3.67. The van der Waals surface area contributed by atoms with Gasteiger partial charge < -0.3 is 14.8 Å². The van der Waals surface area contributed by atoms with Crippen LogP contribution in [-0.2, 0) is 9.47 Å². The molecule has 2 atom stereocenters. The van der Waals surface area contributed by atoms with E-state index in [-0.39, 0.29) is 0 Å². The molecule has 100 valence electrons. The van der Waals surface area contributed by atoms with E-state index >= 15 is 0 Å². The van der Waals surface area contributed by atoms with Crippen molar-refractivity contribution in [3.63, 3.8) is 0 Å². The van der Waals surface area contributed by atoms with Gasteiger partial charge in [0, 0.05) is 13.2 Å². The van der Waals surface area contributed by atoms with Crippen LogP contribution in [0.15, 0.2) is 0 Å². The molecule has 3 heteroatoms. The summed E-state index contributed by atoms with van der Waals surface area (Å²) in [5.74, 6) is 0.977. The van der Waals surface area contributed by atoms with Crippen LogP contribution in [0.2, 0.25) is 0 Å². The smallest absolute Gasteiger partial charge is 0.0813 e. The first kappa shape index (κ1) is 13.3. The maximum Gasteiger partial charge on any atom is 0.0813 e. The Balaban J connectivity index is 1.45. The van der Waals surface area contributed by atoms with E-state index in [2.05, 4.69) is 12.2 Å². The predicted molar refractivity (Wildman–Crippen MR) is 69.2 cm³/mol. The Labute approximate surface area is 105 Å². The van der Waals surface area contributed by atoms with Crippen LogP contribution in [0.1, 0.15) is 45.4 Å². The average molecular weight is 241 g/mol. The fraction of sp³-hybridized carbons (Fsp3) is 1.00. The van der Waals surface area contributed by atoms with Gasteiger partial charge in [-0.3, -0.25) is 0 Å². The van der Waals surface area contributed by atoms with Crippen molar-refractivity contribution in [2.75, 3.05) is 26.3 Å². The molecule has 2 aliphatic rings. The number of rotatable bonds is 9. The highest BCUT2D eigenvalue weighted by molar-refractivity contribution is 4.76. The zero-order valence-corrected chi connectivity index (χ0v) is 11.1. The van der Waals surface area contributed by atoms with E-state index in [0.717, 1.165) is 32.2 Å². The SMILES string of the molecule is CCCNCC1CCC(COCCC2CC2)O1. The Bertz CT molecular complexity index is 206. The van der Waals surface area contributed by atoms with Gasteiger partial charge in [0.2, 0.25) is 0 Å². The van der Waals surface area contributed by atoms with E-state index in [4.69, 9.17) is 9.47 Å². The van der Waals surface area contributed by atoms with Crippen molar-refractivity contribution < 1.29 is 9.47 Å². The van der Waals surface area contributed by atoms with E-state index < -0.39 is 0 Å². The van der Waals surface area contributed by atoms with Crippen molar-refractivity contribution >= 4 is 0 Å². The number of hydrogen-bond donors (Lipinski definition) is 1. The predicted octanol–water partition coefficient (Wildman–Crippen LogP) is 2.35. The highest BCUT2D eigenvalue weighted by Gasteiger charge is 2.25. The van der Waals surface area contributed by atoms with Crippen LogP contribution in [0.5, 0.6) is 0 Å². The van der Waals surface area contributed by atoms with Gasteiger partial charge in [-0.2, -0.15) is 0 Å². The molecule has 0 spiro atoms. The third-order valence-corrected chi connectivity index (χ3v) is 3.67. The lowest BCUT2D eigenvalue weighted by Gasteiger charge is -2.14. The largest absolute Gasteiger partial charge is 0.379 e. The molecule has 0 bridgehead atoms. The molecule has 1 N–H and O–H groups in total. The van der Waals surface area contributed by atoms with Gasteiger partial charge >= 0.3 is 0 Å². The molecule has 1 saturated carbocycles. The molecule has 1 aliphatic carbocycles. The van der Waals surface area contributed by atoms with Gasteiger partial charge in [0.25, 0.3) is 0 Å². The Kier molecular flexibility index (Phi) is 5.75. The topological polar surface area (TPSA) is 30.5 Å². The molecule has 1 aliphatic heterocycles. The highest BCUT2D eigenvalue weighted by atomic mass is 16.5. The molecule has 0 aromatic heterocycles. The van der Waals surface area contributed by atoms with Gasteiger partial charge in [-0.05, 0) is 38.1 Å². The van der Waals surface area contributed by atoms with Crippen molar-refractivity contribution in [2.45, 2.75) is 57.7 Å². The summed E-state index contributed by atoms with van der Waals surface area (Å²) in [6.07, 6.45) is 8.42. The van der Waals surface area contributed by atoms with Gasteiger partial charge in [-0.1, -0.05) is 19.8 Å². The van der Waals surface area contributed by atoms with E-state index in [1.165, 1.54) is 38.5 Å². The van der Waals surface area contributed by atoms with Gasteiger partial charge in [-0.15, -0.1) is 0 Å². The van der Waals surface area contributed by atoms with Gasteiger partial charge in [0.1, 0.15) is 0 Å². The fourth-order valence-electron chi connectivity index (χ4n) is 2.36. The molecule has 2 rings (SSSR count). The molecule has 0 aromatic carbocycles. The molecule has 0 aromatic rings. The normalized spacial score (nSPS) is 28.8. The molecule has 1 saturated heterocycles. The number of ether oxygens (including phenoxy) is 2. The molecule has 0 radical (unpaired) electrons. The maximum atomic E-state index is 5.94. The van der Waals surface area contributed by atoms with Crippen molar-refractivity contribution in [1.82, 2.24) is 5.32 Å². The molecule has 17 heavy (non-hydrogen) atoms. The lowest BCUT2D eigenvalue weighted by molar-refractivity contribution is -0.0152. The Hall–Kier alpha value is -0.120. The van der Waals surface area contributed by atoms with Crippen LogP contribution < -0.4 is 5.32 Å². The molecule has 2 fully saturated rings. The van der Waals surface area contributed by atoms with Crippen molar-refractivity contribution in [3.8, 4) is 0 Å². The van der Waals surface area contributed by atoms with Gasteiger partial charge in [-0.25, -0.2) is 0 Å². The van der Waals surface area contributed by atoms with E-state index in [9.17, 15) is 0 Å². The quantitative estimate of drug-likeness (QED) is 0.629. The molecule has 0 amide bonds. The molecular weight excluding hydrogens is 214 g/mol.